The van der Waals surface area contributed by atoms with Crippen LogP contribution in [0.1, 0.15) is 33.3 Å². The Morgan fingerprint density at radius 3 is 2.68 bits per heavy atom. The van der Waals surface area contributed by atoms with Crippen LogP contribution >= 0.6 is 11.6 Å². The second-order valence-corrected chi connectivity index (χ2v) is 7.26. The van der Waals surface area contributed by atoms with Crippen LogP contribution in [0, 0.1) is 11.3 Å². The molecule has 0 amide bonds. The van der Waals surface area contributed by atoms with Crippen LogP contribution in [0.15, 0.2) is 24.3 Å². The first-order valence-corrected chi connectivity index (χ1v) is 7.78. The zero-order valence-electron chi connectivity index (χ0n) is 13.5. The molecular formula is C17H23ClN2O2. The van der Waals surface area contributed by atoms with E-state index in [9.17, 15) is 4.79 Å². The van der Waals surface area contributed by atoms with Gasteiger partial charge in [-0.2, -0.15) is 0 Å². The molecule has 5 heteroatoms. The van der Waals surface area contributed by atoms with E-state index in [4.69, 9.17) is 22.2 Å². The van der Waals surface area contributed by atoms with Crippen LogP contribution in [0.4, 0.5) is 5.69 Å². The lowest BCUT2D eigenvalue weighted by Crippen LogP contribution is -2.38. The maximum Gasteiger partial charge on any atom is 0.330 e. The summed E-state index contributed by atoms with van der Waals surface area (Å²) in [7, 11) is 0. The van der Waals surface area contributed by atoms with Crippen LogP contribution in [0.25, 0.3) is 5.57 Å². The van der Waals surface area contributed by atoms with E-state index in [1.165, 1.54) is 0 Å². The van der Waals surface area contributed by atoms with Crippen molar-refractivity contribution in [3.05, 3.63) is 34.9 Å². The third-order valence-electron chi connectivity index (χ3n) is 3.52. The van der Waals surface area contributed by atoms with E-state index < -0.39 is 5.41 Å². The zero-order valence-corrected chi connectivity index (χ0v) is 14.3. The zero-order chi connectivity index (χ0) is 16.5. The molecule has 2 rings (SSSR count). The van der Waals surface area contributed by atoms with Gasteiger partial charge in [0.05, 0.1) is 22.7 Å². The van der Waals surface area contributed by atoms with Gasteiger partial charge in [0.25, 0.3) is 0 Å². The molecule has 1 heterocycles. The van der Waals surface area contributed by atoms with Crippen LogP contribution in [0.5, 0.6) is 0 Å². The number of benzene rings is 1. The fraction of sp³-hybridized carbons (Fsp3) is 0.471. The highest BCUT2D eigenvalue weighted by molar-refractivity contribution is 6.33. The van der Waals surface area contributed by atoms with Gasteiger partial charge in [0, 0.05) is 6.54 Å². The molecule has 0 fully saturated rings. The first-order valence-electron chi connectivity index (χ1n) is 7.40. The van der Waals surface area contributed by atoms with E-state index in [0.29, 0.717) is 23.8 Å². The SMILES string of the molecule is C[C@@H]1C=C(c2ccc(Cl)c(N)c2)CN(OC(=O)C(C)(C)C)C1. The molecule has 0 aliphatic carbocycles. The number of rotatable bonds is 2. The Morgan fingerprint density at radius 2 is 2.09 bits per heavy atom. The van der Waals surface area contributed by atoms with E-state index >= 15 is 0 Å². The van der Waals surface area contributed by atoms with Crippen molar-refractivity contribution in [2.45, 2.75) is 27.7 Å². The maximum atomic E-state index is 12.1. The topological polar surface area (TPSA) is 55.6 Å². The third kappa shape index (κ3) is 4.02. The second-order valence-electron chi connectivity index (χ2n) is 6.86. The lowest BCUT2D eigenvalue weighted by atomic mass is 9.96. The summed E-state index contributed by atoms with van der Waals surface area (Å²) >= 11 is 5.97. The van der Waals surface area contributed by atoms with Crippen molar-refractivity contribution in [2.24, 2.45) is 11.3 Å². The van der Waals surface area contributed by atoms with E-state index in [0.717, 1.165) is 11.1 Å². The van der Waals surface area contributed by atoms with Gasteiger partial charge in [-0.05, 0) is 50.0 Å². The summed E-state index contributed by atoms with van der Waals surface area (Å²) in [5.74, 6) is 0.0602. The molecule has 0 aromatic heterocycles. The van der Waals surface area contributed by atoms with Gasteiger partial charge in [-0.25, -0.2) is 4.79 Å². The summed E-state index contributed by atoms with van der Waals surface area (Å²) in [6.07, 6.45) is 2.18. The molecular weight excluding hydrogens is 300 g/mol. The van der Waals surface area contributed by atoms with Crippen molar-refractivity contribution in [2.75, 3.05) is 18.8 Å². The van der Waals surface area contributed by atoms with Crippen LogP contribution in [-0.2, 0) is 9.63 Å². The molecule has 0 bridgehead atoms. The number of anilines is 1. The van der Waals surface area contributed by atoms with Gasteiger partial charge in [-0.1, -0.05) is 30.7 Å². The standard InChI is InChI=1S/C17H23ClN2O2/c1-11-7-13(12-5-6-14(18)15(19)8-12)10-20(9-11)22-16(21)17(2,3)4/h5-8,11H,9-10,19H2,1-4H3/t11-/m1/s1. The predicted octanol–water partition coefficient (Wildman–Crippen LogP) is 3.76. The molecule has 22 heavy (non-hydrogen) atoms. The average Bonchev–Trinajstić information content (AvgIpc) is 2.40. The molecule has 0 unspecified atom stereocenters. The fourth-order valence-electron chi connectivity index (χ4n) is 2.28. The largest absolute Gasteiger partial charge is 0.398 e. The van der Waals surface area contributed by atoms with Crippen molar-refractivity contribution in [1.29, 1.82) is 0 Å². The first-order chi connectivity index (χ1) is 10.2. The Kier molecular flexibility index (Phi) is 4.83. The molecule has 1 aromatic rings. The molecule has 4 nitrogen and oxygen atoms in total. The molecule has 1 aliphatic rings. The number of hydrogen-bond acceptors (Lipinski definition) is 4. The Morgan fingerprint density at radius 1 is 1.41 bits per heavy atom. The number of nitrogens with two attached hydrogens (primary N) is 1. The number of nitrogens with zero attached hydrogens (tertiary/aromatic N) is 1. The van der Waals surface area contributed by atoms with Gasteiger partial charge in [0.2, 0.25) is 0 Å². The normalized spacial score (nSPS) is 19.7. The number of halogens is 1. The van der Waals surface area contributed by atoms with Crippen LogP contribution in [0.3, 0.4) is 0 Å². The van der Waals surface area contributed by atoms with Crippen LogP contribution in [-0.4, -0.2) is 24.1 Å². The highest BCUT2D eigenvalue weighted by Gasteiger charge is 2.28. The molecule has 0 radical (unpaired) electrons. The minimum absolute atomic E-state index is 0.225. The predicted molar refractivity (Wildman–Crippen MR) is 90.1 cm³/mol. The second kappa shape index (κ2) is 6.31. The maximum absolute atomic E-state index is 12.1. The van der Waals surface area contributed by atoms with Crippen molar-refractivity contribution >= 4 is 28.8 Å². The van der Waals surface area contributed by atoms with Crippen molar-refractivity contribution in [3.63, 3.8) is 0 Å². The Hall–Kier alpha value is -1.52. The van der Waals surface area contributed by atoms with Gasteiger partial charge < -0.3 is 10.6 Å². The van der Waals surface area contributed by atoms with Gasteiger partial charge in [0.1, 0.15) is 0 Å². The number of hydroxylamine groups is 2. The summed E-state index contributed by atoms with van der Waals surface area (Å²) in [6.45, 7) is 8.87. The third-order valence-corrected chi connectivity index (χ3v) is 3.86. The van der Waals surface area contributed by atoms with Gasteiger partial charge in [-0.3, -0.25) is 0 Å². The highest BCUT2D eigenvalue weighted by Crippen LogP contribution is 2.29. The summed E-state index contributed by atoms with van der Waals surface area (Å²) < 4.78 is 0. The van der Waals surface area contributed by atoms with Crippen LogP contribution < -0.4 is 5.73 Å². The molecule has 0 saturated carbocycles. The molecule has 0 saturated heterocycles. The van der Waals surface area contributed by atoms with Gasteiger partial charge in [0.15, 0.2) is 0 Å². The summed E-state index contributed by atoms with van der Waals surface area (Å²) in [5.41, 5.74) is 8.00. The minimum Gasteiger partial charge on any atom is -0.398 e. The van der Waals surface area contributed by atoms with Gasteiger partial charge >= 0.3 is 5.97 Å². The van der Waals surface area contributed by atoms with Crippen molar-refractivity contribution in [1.82, 2.24) is 5.06 Å². The fourth-order valence-corrected chi connectivity index (χ4v) is 2.40. The smallest absolute Gasteiger partial charge is 0.330 e. The average molecular weight is 323 g/mol. The molecule has 120 valence electrons. The molecule has 1 aliphatic heterocycles. The summed E-state index contributed by atoms with van der Waals surface area (Å²) in [6, 6.07) is 5.58. The lowest BCUT2D eigenvalue weighted by molar-refractivity contribution is -0.199. The number of hydrogen-bond donors (Lipinski definition) is 1. The molecule has 1 aromatic carbocycles. The lowest BCUT2D eigenvalue weighted by Gasteiger charge is -2.31. The summed E-state index contributed by atoms with van der Waals surface area (Å²) in [5, 5.41) is 2.27. The first kappa shape index (κ1) is 16.8. The van der Waals surface area contributed by atoms with Crippen molar-refractivity contribution < 1.29 is 9.63 Å². The van der Waals surface area contributed by atoms with Gasteiger partial charge in [-0.15, -0.1) is 5.06 Å². The van der Waals surface area contributed by atoms with Crippen molar-refractivity contribution in [3.8, 4) is 0 Å². The molecule has 1 atom stereocenters. The molecule has 0 spiro atoms. The Labute approximate surface area is 136 Å². The number of carbonyl (C=O) groups excluding carboxylic acids is 1. The monoisotopic (exact) mass is 322 g/mol. The highest BCUT2D eigenvalue weighted by atomic mass is 35.5. The van der Waals surface area contributed by atoms with E-state index in [1.807, 2.05) is 32.9 Å². The summed E-state index contributed by atoms with van der Waals surface area (Å²) in [4.78, 5) is 17.6. The van der Waals surface area contributed by atoms with Crippen LogP contribution in [0.2, 0.25) is 5.02 Å². The molecule has 2 N–H and O–H groups in total. The van der Waals surface area contributed by atoms with E-state index in [1.54, 1.807) is 11.1 Å². The quantitative estimate of drug-likeness (QED) is 0.842. The number of carbonyl (C=O) groups is 1. The van der Waals surface area contributed by atoms with E-state index in [2.05, 4.69) is 13.0 Å². The Balaban J connectivity index is 2.16. The minimum atomic E-state index is -0.519. The number of nitrogen functional groups attached to an aromatic ring is 1. The van der Waals surface area contributed by atoms with E-state index in [-0.39, 0.29) is 11.9 Å². The Bertz CT molecular complexity index is 605.